The number of hydrogen-bond donors (Lipinski definition) is 0. The Hall–Kier alpha value is -4.58. The molecule has 176 valence electrons. The van der Waals surface area contributed by atoms with Gasteiger partial charge in [-0.2, -0.15) is 5.10 Å². The lowest BCUT2D eigenvalue weighted by atomic mass is 9.95. The number of methoxy groups -OCH3 is 1. The molecule has 0 spiro atoms. The van der Waals surface area contributed by atoms with Crippen molar-refractivity contribution in [3.63, 3.8) is 0 Å². The highest BCUT2D eigenvalue weighted by Crippen LogP contribution is 2.51. The number of nitrogens with zero attached hydrogens (tertiary/aromatic N) is 3. The molecule has 0 amide bonds. The second-order valence-electron chi connectivity index (χ2n) is 9.02. The van der Waals surface area contributed by atoms with Crippen molar-refractivity contribution in [2.24, 2.45) is 5.10 Å². The molecule has 4 aromatic carbocycles. The highest BCUT2D eigenvalue weighted by atomic mass is 16.5. The van der Waals surface area contributed by atoms with Gasteiger partial charge in [0.2, 0.25) is 6.23 Å². The summed E-state index contributed by atoms with van der Waals surface area (Å²) in [6.07, 6.45) is 0.359. The molecule has 0 saturated heterocycles. The fraction of sp³-hybridized carbons (Fsp3) is 0.133. The van der Waals surface area contributed by atoms with E-state index in [0.29, 0.717) is 0 Å². The van der Waals surface area contributed by atoms with Crippen molar-refractivity contribution in [1.29, 1.82) is 0 Å². The van der Waals surface area contributed by atoms with E-state index in [1.54, 1.807) is 7.11 Å². The summed E-state index contributed by atoms with van der Waals surface area (Å²) in [6.45, 7) is 0. The van der Waals surface area contributed by atoms with Crippen molar-refractivity contribution in [2.45, 2.75) is 18.7 Å². The van der Waals surface area contributed by atoms with Crippen molar-refractivity contribution in [1.82, 2.24) is 10.2 Å². The highest BCUT2D eigenvalue weighted by Gasteiger charge is 2.42. The fourth-order valence-corrected chi connectivity index (χ4v) is 5.18. The first-order chi connectivity index (χ1) is 17.8. The molecule has 2 aliphatic rings. The second kappa shape index (κ2) is 8.27. The lowest BCUT2D eigenvalue weighted by molar-refractivity contribution is -0.0208. The third kappa shape index (κ3) is 3.26. The SMILES string of the molecule is COc1cccc2c1O[C@H](c1ccc3noc(-c4ccccc4)c3c1)N1N=C(c3ccccc3)C[C@H]21. The number of hydrazone groups is 1. The van der Waals surface area contributed by atoms with Gasteiger partial charge in [-0.25, -0.2) is 5.01 Å². The van der Waals surface area contributed by atoms with Gasteiger partial charge in [0.05, 0.1) is 24.2 Å². The lowest BCUT2D eigenvalue weighted by Gasteiger charge is -2.38. The molecule has 0 radical (unpaired) electrons. The maximum absolute atomic E-state index is 6.65. The van der Waals surface area contributed by atoms with Crippen LogP contribution in [0.4, 0.5) is 0 Å². The number of aromatic nitrogens is 1. The molecule has 2 aliphatic heterocycles. The smallest absolute Gasteiger partial charge is 0.214 e. The summed E-state index contributed by atoms with van der Waals surface area (Å²) in [5, 5.41) is 12.4. The Bertz CT molecular complexity index is 1590. The Morgan fingerprint density at radius 2 is 1.64 bits per heavy atom. The predicted octanol–water partition coefficient (Wildman–Crippen LogP) is 6.75. The largest absolute Gasteiger partial charge is 0.493 e. The summed E-state index contributed by atoms with van der Waals surface area (Å²) in [5.74, 6) is 2.23. The summed E-state index contributed by atoms with van der Waals surface area (Å²) in [5.41, 5.74) is 6.01. The molecule has 0 fully saturated rings. The van der Waals surface area contributed by atoms with Crippen LogP contribution in [-0.2, 0) is 0 Å². The molecular formula is C30H23N3O3. The summed E-state index contributed by atoms with van der Waals surface area (Å²) in [6, 6.07) is 32.6. The summed E-state index contributed by atoms with van der Waals surface area (Å²) in [4.78, 5) is 0. The van der Waals surface area contributed by atoms with E-state index < -0.39 is 6.23 Å². The van der Waals surface area contributed by atoms with E-state index in [4.69, 9.17) is 19.1 Å². The molecule has 1 aromatic heterocycles. The van der Waals surface area contributed by atoms with Gasteiger partial charge in [0.15, 0.2) is 17.3 Å². The molecule has 2 atom stereocenters. The van der Waals surface area contributed by atoms with Gasteiger partial charge in [0.1, 0.15) is 5.52 Å². The van der Waals surface area contributed by atoms with Gasteiger partial charge in [0, 0.05) is 23.1 Å². The normalized spacial score (nSPS) is 18.4. The van der Waals surface area contributed by atoms with Crippen LogP contribution >= 0.6 is 0 Å². The number of para-hydroxylation sites is 1. The minimum Gasteiger partial charge on any atom is -0.493 e. The third-order valence-corrected chi connectivity index (χ3v) is 6.93. The maximum atomic E-state index is 6.65. The van der Waals surface area contributed by atoms with Crippen molar-refractivity contribution in [2.75, 3.05) is 7.11 Å². The standard InChI is InChI=1S/C30H23N3O3/c1-34-27-14-8-13-22-26-18-25(19-9-4-2-5-10-19)31-33(26)30(35-29(22)27)21-15-16-24-23(17-21)28(36-32-24)20-11-6-3-7-12-20/h2-17,26,30H,18H2,1H3/t26-,30-/m1/s1. The third-order valence-electron chi connectivity index (χ3n) is 6.93. The topological polar surface area (TPSA) is 60.1 Å². The van der Waals surface area contributed by atoms with Crippen LogP contribution in [0.5, 0.6) is 11.5 Å². The van der Waals surface area contributed by atoms with Crippen LogP contribution in [0.25, 0.3) is 22.2 Å². The van der Waals surface area contributed by atoms with E-state index >= 15 is 0 Å². The Balaban J connectivity index is 1.37. The van der Waals surface area contributed by atoms with Gasteiger partial charge in [-0.05, 0) is 23.8 Å². The van der Waals surface area contributed by atoms with Crippen LogP contribution in [0, 0.1) is 0 Å². The number of fused-ring (bicyclic) bond motifs is 4. The first-order valence-corrected chi connectivity index (χ1v) is 12.0. The molecule has 6 heteroatoms. The molecule has 3 heterocycles. The molecule has 0 bridgehead atoms. The first-order valence-electron chi connectivity index (χ1n) is 12.0. The van der Waals surface area contributed by atoms with Gasteiger partial charge in [-0.3, -0.25) is 0 Å². The number of ether oxygens (including phenoxy) is 2. The van der Waals surface area contributed by atoms with Crippen molar-refractivity contribution < 1.29 is 14.0 Å². The van der Waals surface area contributed by atoms with Crippen LogP contribution in [0.2, 0.25) is 0 Å². The zero-order chi connectivity index (χ0) is 24.1. The van der Waals surface area contributed by atoms with E-state index in [1.807, 2.05) is 72.8 Å². The summed E-state index contributed by atoms with van der Waals surface area (Å²) < 4.78 is 18.1. The van der Waals surface area contributed by atoms with Crippen LogP contribution in [0.1, 0.15) is 35.4 Å². The Kier molecular flexibility index (Phi) is 4.77. The van der Waals surface area contributed by atoms with E-state index in [0.717, 1.165) is 62.5 Å². The maximum Gasteiger partial charge on any atom is 0.214 e. The molecule has 36 heavy (non-hydrogen) atoms. The van der Waals surface area contributed by atoms with Gasteiger partial charge in [-0.15, -0.1) is 0 Å². The highest BCUT2D eigenvalue weighted by molar-refractivity contribution is 6.02. The summed E-state index contributed by atoms with van der Waals surface area (Å²) >= 11 is 0. The van der Waals surface area contributed by atoms with E-state index in [2.05, 4.69) is 34.4 Å². The van der Waals surface area contributed by atoms with Gasteiger partial charge >= 0.3 is 0 Å². The average molecular weight is 474 g/mol. The van der Waals surface area contributed by atoms with Crippen LogP contribution in [-0.4, -0.2) is 23.0 Å². The Labute approximate surface area is 208 Å². The summed E-state index contributed by atoms with van der Waals surface area (Å²) in [7, 11) is 1.68. The molecule has 0 saturated carbocycles. The van der Waals surface area contributed by atoms with Crippen LogP contribution < -0.4 is 9.47 Å². The van der Waals surface area contributed by atoms with Gasteiger partial charge in [-0.1, -0.05) is 84.0 Å². The fourth-order valence-electron chi connectivity index (χ4n) is 5.18. The minimum absolute atomic E-state index is 0.0378. The van der Waals surface area contributed by atoms with E-state index in [9.17, 15) is 0 Å². The molecule has 0 aliphatic carbocycles. The lowest BCUT2D eigenvalue weighted by Crippen LogP contribution is -2.33. The monoisotopic (exact) mass is 473 g/mol. The second-order valence-corrected chi connectivity index (χ2v) is 9.02. The molecule has 6 nitrogen and oxygen atoms in total. The molecule has 0 unspecified atom stereocenters. The number of rotatable bonds is 4. The van der Waals surface area contributed by atoms with Gasteiger partial charge < -0.3 is 14.0 Å². The predicted molar refractivity (Wildman–Crippen MR) is 138 cm³/mol. The van der Waals surface area contributed by atoms with Gasteiger partial charge in [0.25, 0.3) is 0 Å². The van der Waals surface area contributed by atoms with Crippen LogP contribution in [0.3, 0.4) is 0 Å². The van der Waals surface area contributed by atoms with Crippen molar-refractivity contribution in [3.05, 3.63) is 114 Å². The Morgan fingerprint density at radius 3 is 2.42 bits per heavy atom. The average Bonchev–Trinajstić information content (AvgIpc) is 3.58. The number of hydrogen-bond acceptors (Lipinski definition) is 6. The van der Waals surface area contributed by atoms with E-state index in [1.165, 1.54) is 0 Å². The molecule has 5 aromatic rings. The molecule has 7 rings (SSSR count). The Morgan fingerprint density at radius 1 is 0.861 bits per heavy atom. The zero-order valence-electron chi connectivity index (χ0n) is 19.7. The number of benzene rings is 4. The minimum atomic E-state index is -0.428. The molecular weight excluding hydrogens is 450 g/mol. The van der Waals surface area contributed by atoms with Crippen LogP contribution in [0.15, 0.2) is 107 Å². The van der Waals surface area contributed by atoms with Crippen molar-refractivity contribution in [3.8, 4) is 22.8 Å². The first kappa shape index (κ1) is 20.8. The van der Waals surface area contributed by atoms with Crippen molar-refractivity contribution >= 4 is 16.6 Å². The zero-order valence-corrected chi connectivity index (χ0v) is 19.7. The quantitative estimate of drug-likeness (QED) is 0.289. The van der Waals surface area contributed by atoms with E-state index in [-0.39, 0.29) is 6.04 Å². The molecule has 0 N–H and O–H groups in total.